The van der Waals surface area contributed by atoms with Crippen molar-refractivity contribution in [2.24, 2.45) is 5.73 Å². The highest BCUT2D eigenvalue weighted by atomic mass is 35.5. The molecule has 5 nitrogen and oxygen atoms in total. The van der Waals surface area contributed by atoms with E-state index in [0.29, 0.717) is 0 Å². The Labute approximate surface area is 97.9 Å². The smallest absolute Gasteiger partial charge is 0.288 e. The van der Waals surface area contributed by atoms with Gasteiger partial charge in [-0.3, -0.25) is 10.1 Å². The van der Waals surface area contributed by atoms with E-state index in [9.17, 15) is 10.1 Å². The van der Waals surface area contributed by atoms with Gasteiger partial charge in [0.05, 0.1) is 4.92 Å². The highest BCUT2D eigenvalue weighted by Crippen LogP contribution is 2.34. The van der Waals surface area contributed by atoms with Gasteiger partial charge >= 0.3 is 0 Å². The number of hydrogen-bond donors (Lipinski definition) is 1. The maximum absolute atomic E-state index is 10.7. The number of halogens is 1. The van der Waals surface area contributed by atoms with Crippen molar-refractivity contribution in [1.82, 2.24) is 0 Å². The molecule has 16 heavy (non-hydrogen) atoms. The van der Waals surface area contributed by atoms with Gasteiger partial charge in [0, 0.05) is 30.9 Å². The summed E-state index contributed by atoms with van der Waals surface area (Å²) in [6.07, 6.45) is 0. The normalized spacial score (nSPS) is 16.1. The average Bonchev–Trinajstić information content (AvgIpc) is 2.16. The molecule has 0 aromatic heterocycles. The zero-order valence-electron chi connectivity index (χ0n) is 8.81. The van der Waals surface area contributed by atoms with E-state index in [4.69, 9.17) is 17.3 Å². The largest absolute Gasteiger partial charge is 0.368 e. The van der Waals surface area contributed by atoms with Crippen LogP contribution in [0.2, 0.25) is 5.02 Å². The molecule has 6 heteroatoms. The molecule has 0 unspecified atom stereocenters. The van der Waals surface area contributed by atoms with E-state index in [-0.39, 0.29) is 16.8 Å². The number of benzene rings is 1. The SMILES string of the molecule is Cc1cc([N+](=O)[O-])c(Cl)cc1N1CC(N)C1. The van der Waals surface area contributed by atoms with Gasteiger partial charge in [0.1, 0.15) is 5.02 Å². The highest BCUT2D eigenvalue weighted by Gasteiger charge is 2.26. The van der Waals surface area contributed by atoms with Gasteiger partial charge < -0.3 is 10.6 Å². The van der Waals surface area contributed by atoms with E-state index < -0.39 is 4.92 Å². The molecule has 0 atom stereocenters. The summed E-state index contributed by atoms with van der Waals surface area (Å²) >= 11 is 5.86. The third-order valence-corrected chi connectivity index (χ3v) is 3.02. The summed E-state index contributed by atoms with van der Waals surface area (Å²) in [6, 6.07) is 3.33. The molecule has 2 N–H and O–H groups in total. The molecule has 86 valence electrons. The standard InChI is InChI=1S/C10H12ClN3O2/c1-6-2-10(14(15)16)8(11)3-9(6)13-4-7(12)5-13/h2-3,7H,4-5,12H2,1H3. The molecule has 0 radical (unpaired) electrons. The van der Waals surface area contributed by atoms with E-state index in [1.807, 2.05) is 6.92 Å². The van der Waals surface area contributed by atoms with Gasteiger partial charge in [0.15, 0.2) is 0 Å². The van der Waals surface area contributed by atoms with Gasteiger partial charge in [-0.05, 0) is 18.6 Å². The Kier molecular flexibility index (Phi) is 2.73. The topological polar surface area (TPSA) is 72.4 Å². The van der Waals surface area contributed by atoms with Gasteiger partial charge in [0.2, 0.25) is 0 Å². The summed E-state index contributed by atoms with van der Waals surface area (Å²) in [5.41, 5.74) is 7.42. The maximum atomic E-state index is 10.7. The van der Waals surface area contributed by atoms with Crippen LogP contribution in [0.15, 0.2) is 12.1 Å². The van der Waals surface area contributed by atoms with Crippen molar-refractivity contribution in [2.75, 3.05) is 18.0 Å². The number of nitro groups is 1. The molecule has 0 amide bonds. The van der Waals surface area contributed by atoms with Crippen molar-refractivity contribution in [2.45, 2.75) is 13.0 Å². The van der Waals surface area contributed by atoms with Crippen LogP contribution in [0.3, 0.4) is 0 Å². The minimum absolute atomic E-state index is 0.0484. The minimum atomic E-state index is -0.471. The van der Waals surface area contributed by atoms with E-state index >= 15 is 0 Å². The predicted molar refractivity (Wildman–Crippen MR) is 63.0 cm³/mol. The Morgan fingerprint density at radius 1 is 1.56 bits per heavy atom. The lowest BCUT2D eigenvalue weighted by molar-refractivity contribution is -0.384. The monoisotopic (exact) mass is 241 g/mol. The van der Waals surface area contributed by atoms with Crippen LogP contribution in [0.25, 0.3) is 0 Å². The fourth-order valence-corrected chi connectivity index (χ4v) is 2.07. The Morgan fingerprint density at radius 3 is 2.69 bits per heavy atom. The Hall–Kier alpha value is -1.33. The number of nitro benzene ring substituents is 1. The van der Waals surface area contributed by atoms with E-state index in [2.05, 4.69) is 4.90 Å². The number of nitrogens with zero attached hydrogens (tertiary/aromatic N) is 2. The summed E-state index contributed by atoms with van der Waals surface area (Å²) in [7, 11) is 0. The van der Waals surface area contributed by atoms with Crippen molar-refractivity contribution in [3.8, 4) is 0 Å². The van der Waals surface area contributed by atoms with Crippen molar-refractivity contribution in [3.05, 3.63) is 32.8 Å². The number of hydrogen-bond acceptors (Lipinski definition) is 4. The molecule has 1 heterocycles. The second kappa shape index (κ2) is 3.92. The molecule has 1 aromatic rings. The van der Waals surface area contributed by atoms with Crippen molar-refractivity contribution in [1.29, 1.82) is 0 Å². The van der Waals surface area contributed by atoms with Crippen LogP contribution in [0.5, 0.6) is 0 Å². The number of nitrogens with two attached hydrogens (primary N) is 1. The van der Waals surface area contributed by atoms with Crippen molar-refractivity contribution < 1.29 is 4.92 Å². The molecule has 1 saturated heterocycles. The molecule has 0 aliphatic carbocycles. The molecule has 1 fully saturated rings. The molecular weight excluding hydrogens is 230 g/mol. The van der Waals surface area contributed by atoms with Crippen LogP contribution in [0.4, 0.5) is 11.4 Å². The molecular formula is C10H12ClN3O2. The van der Waals surface area contributed by atoms with Gasteiger partial charge in [-0.2, -0.15) is 0 Å². The third-order valence-electron chi connectivity index (χ3n) is 2.71. The van der Waals surface area contributed by atoms with Crippen LogP contribution in [0.1, 0.15) is 5.56 Å². The molecule has 1 aliphatic heterocycles. The van der Waals surface area contributed by atoms with Crippen molar-refractivity contribution >= 4 is 23.0 Å². The molecule has 0 bridgehead atoms. The lowest BCUT2D eigenvalue weighted by Crippen LogP contribution is -2.56. The zero-order chi connectivity index (χ0) is 11.9. The van der Waals surface area contributed by atoms with Gasteiger partial charge in [-0.25, -0.2) is 0 Å². The molecule has 1 aromatic carbocycles. The Morgan fingerprint density at radius 2 is 2.19 bits per heavy atom. The van der Waals surface area contributed by atoms with E-state index in [1.165, 1.54) is 6.07 Å². The van der Waals surface area contributed by atoms with E-state index in [0.717, 1.165) is 24.3 Å². The van der Waals surface area contributed by atoms with Gasteiger partial charge in [-0.15, -0.1) is 0 Å². The maximum Gasteiger partial charge on any atom is 0.288 e. The lowest BCUT2D eigenvalue weighted by Gasteiger charge is -2.39. The van der Waals surface area contributed by atoms with E-state index in [1.54, 1.807) is 6.07 Å². The van der Waals surface area contributed by atoms with Crippen LogP contribution in [-0.2, 0) is 0 Å². The predicted octanol–water partition coefficient (Wildman–Crippen LogP) is 1.70. The first-order valence-electron chi connectivity index (χ1n) is 4.94. The zero-order valence-corrected chi connectivity index (χ0v) is 9.57. The first-order chi connectivity index (χ1) is 7.49. The van der Waals surface area contributed by atoms with Crippen LogP contribution in [0, 0.1) is 17.0 Å². The summed E-state index contributed by atoms with van der Waals surface area (Å²) in [4.78, 5) is 12.3. The van der Waals surface area contributed by atoms with Crippen molar-refractivity contribution in [3.63, 3.8) is 0 Å². The summed E-state index contributed by atoms with van der Waals surface area (Å²) in [5.74, 6) is 0. The lowest BCUT2D eigenvalue weighted by atomic mass is 10.1. The number of anilines is 1. The first-order valence-corrected chi connectivity index (χ1v) is 5.32. The van der Waals surface area contributed by atoms with Crippen LogP contribution >= 0.6 is 11.6 Å². The number of aryl methyl sites for hydroxylation is 1. The number of rotatable bonds is 2. The van der Waals surface area contributed by atoms with Gasteiger partial charge in [0.25, 0.3) is 5.69 Å². The summed E-state index contributed by atoms with van der Waals surface area (Å²) in [5, 5.41) is 10.9. The fraction of sp³-hybridized carbons (Fsp3) is 0.400. The molecule has 0 saturated carbocycles. The minimum Gasteiger partial charge on any atom is -0.368 e. The third kappa shape index (κ3) is 1.83. The molecule has 1 aliphatic rings. The highest BCUT2D eigenvalue weighted by molar-refractivity contribution is 6.33. The Bertz CT molecular complexity index is 444. The molecule has 0 spiro atoms. The second-order valence-corrected chi connectivity index (χ2v) is 4.42. The van der Waals surface area contributed by atoms with Crippen LogP contribution in [-0.4, -0.2) is 24.1 Å². The summed E-state index contributed by atoms with van der Waals surface area (Å²) < 4.78 is 0. The van der Waals surface area contributed by atoms with Gasteiger partial charge in [-0.1, -0.05) is 11.6 Å². The Balaban J connectivity index is 2.34. The second-order valence-electron chi connectivity index (χ2n) is 4.01. The fourth-order valence-electron chi connectivity index (χ4n) is 1.85. The summed E-state index contributed by atoms with van der Waals surface area (Å²) in [6.45, 7) is 3.38. The molecule has 2 rings (SSSR count). The quantitative estimate of drug-likeness (QED) is 0.632. The average molecular weight is 242 g/mol. The first kappa shape index (κ1) is 11.2. The van der Waals surface area contributed by atoms with Crippen LogP contribution < -0.4 is 10.6 Å².